The number of hydrogen-bond donors (Lipinski definition) is 2. The van der Waals surface area contributed by atoms with Crippen molar-refractivity contribution in [3.8, 4) is 0 Å². The smallest absolute Gasteiger partial charge is 0.229 e. The summed E-state index contributed by atoms with van der Waals surface area (Å²) in [5.41, 5.74) is 6.59. The van der Waals surface area contributed by atoms with Gasteiger partial charge in [0, 0.05) is 12.2 Å². The van der Waals surface area contributed by atoms with Gasteiger partial charge in [-0.3, -0.25) is 4.79 Å². The van der Waals surface area contributed by atoms with Crippen molar-refractivity contribution in [2.24, 2.45) is 11.7 Å². The molecule has 0 saturated carbocycles. The van der Waals surface area contributed by atoms with Gasteiger partial charge in [-0.2, -0.15) is 0 Å². The molecule has 1 heterocycles. The number of rotatable bonds is 3. The highest BCUT2D eigenvalue weighted by Crippen LogP contribution is 2.11. The third kappa shape index (κ3) is 3.02. The summed E-state index contributed by atoms with van der Waals surface area (Å²) in [5.74, 6) is 0.299. The highest BCUT2D eigenvalue weighted by atomic mass is 16.1. The Kier molecular flexibility index (Phi) is 3.80. The van der Waals surface area contributed by atoms with Gasteiger partial charge in [0.25, 0.3) is 0 Å². The maximum Gasteiger partial charge on any atom is 0.229 e. The molecule has 2 atom stereocenters. The standard InChI is InChI=1S/C11H17N3O/c1-7-5-4-6-13-10(7)14-11(15)8(2)9(3)12/h4-6,8-9H,12H2,1-3H3,(H,13,14,15). The lowest BCUT2D eigenvalue weighted by Gasteiger charge is -2.15. The minimum Gasteiger partial charge on any atom is -0.327 e. The number of aromatic nitrogens is 1. The van der Waals surface area contributed by atoms with Crippen LogP contribution in [0.5, 0.6) is 0 Å². The van der Waals surface area contributed by atoms with Gasteiger partial charge in [0.15, 0.2) is 0 Å². The van der Waals surface area contributed by atoms with E-state index >= 15 is 0 Å². The van der Waals surface area contributed by atoms with Crippen LogP contribution in [0.15, 0.2) is 18.3 Å². The van der Waals surface area contributed by atoms with Crippen molar-refractivity contribution < 1.29 is 4.79 Å². The normalized spacial score (nSPS) is 14.4. The summed E-state index contributed by atoms with van der Waals surface area (Å²) < 4.78 is 0. The molecule has 0 aliphatic heterocycles. The molecule has 4 nitrogen and oxygen atoms in total. The van der Waals surface area contributed by atoms with Gasteiger partial charge in [-0.15, -0.1) is 0 Å². The molecule has 0 aliphatic rings. The average Bonchev–Trinajstić information content (AvgIpc) is 2.20. The fourth-order valence-electron chi connectivity index (χ4n) is 1.09. The number of carbonyl (C=O) groups excluding carboxylic acids is 1. The Morgan fingerprint density at radius 3 is 2.73 bits per heavy atom. The highest BCUT2D eigenvalue weighted by molar-refractivity contribution is 5.92. The fourth-order valence-corrected chi connectivity index (χ4v) is 1.09. The summed E-state index contributed by atoms with van der Waals surface area (Å²) in [6.07, 6.45) is 1.65. The predicted octanol–water partition coefficient (Wildman–Crippen LogP) is 1.31. The zero-order chi connectivity index (χ0) is 11.4. The Labute approximate surface area is 89.9 Å². The number of nitrogens with two attached hydrogens (primary N) is 1. The monoisotopic (exact) mass is 207 g/mol. The SMILES string of the molecule is Cc1cccnc1NC(=O)C(C)C(C)N. The van der Waals surface area contributed by atoms with Crippen LogP contribution in [0.2, 0.25) is 0 Å². The van der Waals surface area contributed by atoms with E-state index in [-0.39, 0.29) is 17.9 Å². The van der Waals surface area contributed by atoms with E-state index in [2.05, 4.69) is 10.3 Å². The van der Waals surface area contributed by atoms with E-state index in [1.807, 2.05) is 26.0 Å². The van der Waals surface area contributed by atoms with Gasteiger partial charge < -0.3 is 11.1 Å². The van der Waals surface area contributed by atoms with Crippen LogP contribution in [-0.4, -0.2) is 16.9 Å². The largest absolute Gasteiger partial charge is 0.327 e. The molecule has 2 unspecified atom stereocenters. The molecule has 1 aromatic heterocycles. The van der Waals surface area contributed by atoms with Crippen LogP contribution < -0.4 is 11.1 Å². The van der Waals surface area contributed by atoms with Gasteiger partial charge in [-0.05, 0) is 25.5 Å². The van der Waals surface area contributed by atoms with Crippen molar-refractivity contribution >= 4 is 11.7 Å². The maximum atomic E-state index is 11.7. The van der Waals surface area contributed by atoms with Crippen LogP contribution in [-0.2, 0) is 4.79 Å². The first kappa shape index (κ1) is 11.7. The van der Waals surface area contributed by atoms with E-state index in [0.29, 0.717) is 5.82 Å². The van der Waals surface area contributed by atoms with Crippen LogP contribution in [0.1, 0.15) is 19.4 Å². The molecular weight excluding hydrogens is 190 g/mol. The van der Waals surface area contributed by atoms with Crippen molar-refractivity contribution in [2.45, 2.75) is 26.8 Å². The number of pyridine rings is 1. The molecule has 82 valence electrons. The van der Waals surface area contributed by atoms with E-state index in [4.69, 9.17) is 5.73 Å². The van der Waals surface area contributed by atoms with Gasteiger partial charge >= 0.3 is 0 Å². The average molecular weight is 207 g/mol. The van der Waals surface area contributed by atoms with E-state index in [1.165, 1.54) is 0 Å². The van der Waals surface area contributed by atoms with E-state index in [1.54, 1.807) is 13.1 Å². The van der Waals surface area contributed by atoms with Crippen LogP contribution in [0.3, 0.4) is 0 Å². The van der Waals surface area contributed by atoms with Crippen LogP contribution >= 0.6 is 0 Å². The van der Waals surface area contributed by atoms with Crippen molar-refractivity contribution in [3.63, 3.8) is 0 Å². The molecule has 4 heteroatoms. The van der Waals surface area contributed by atoms with Gasteiger partial charge in [0.05, 0.1) is 5.92 Å². The molecule has 1 amide bonds. The van der Waals surface area contributed by atoms with Crippen molar-refractivity contribution in [3.05, 3.63) is 23.9 Å². The Morgan fingerprint density at radius 2 is 2.20 bits per heavy atom. The number of nitrogens with zero attached hydrogens (tertiary/aromatic N) is 1. The number of amides is 1. The quantitative estimate of drug-likeness (QED) is 0.785. The molecule has 0 bridgehead atoms. The summed E-state index contributed by atoms with van der Waals surface area (Å²) in [6, 6.07) is 3.58. The molecule has 1 rings (SSSR count). The lowest BCUT2D eigenvalue weighted by molar-refractivity contribution is -0.119. The molecule has 0 fully saturated rings. The molecule has 3 N–H and O–H groups in total. The van der Waals surface area contributed by atoms with Crippen molar-refractivity contribution in [1.82, 2.24) is 4.98 Å². The fraction of sp³-hybridized carbons (Fsp3) is 0.455. The topological polar surface area (TPSA) is 68.0 Å². The Bertz CT molecular complexity index is 349. The number of aryl methyl sites for hydroxylation is 1. The van der Waals surface area contributed by atoms with E-state index in [0.717, 1.165) is 5.56 Å². The first-order valence-corrected chi connectivity index (χ1v) is 5.00. The Balaban J connectivity index is 2.71. The van der Waals surface area contributed by atoms with Crippen LogP contribution in [0.25, 0.3) is 0 Å². The molecule has 0 saturated heterocycles. The molecular formula is C11H17N3O. The first-order valence-electron chi connectivity index (χ1n) is 5.00. The van der Waals surface area contributed by atoms with E-state index < -0.39 is 0 Å². The number of anilines is 1. The summed E-state index contributed by atoms with van der Waals surface area (Å²) in [5, 5.41) is 2.76. The minimum atomic E-state index is -0.216. The maximum absolute atomic E-state index is 11.7. The first-order chi connectivity index (χ1) is 7.02. The van der Waals surface area contributed by atoms with Gasteiger partial charge in [0.1, 0.15) is 5.82 Å². The number of hydrogen-bond acceptors (Lipinski definition) is 3. The zero-order valence-electron chi connectivity index (χ0n) is 9.32. The molecule has 0 aliphatic carbocycles. The molecule has 0 radical (unpaired) electrons. The second-order valence-corrected chi connectivity index (χ2v) is 3.81. The van der Waals surface area contributed by atoms with Gasteiger partial charge in [-0.1, -0.05) is 13.0 Å². The zero-order valence-corrected chi connectivity index (χ0v) is 9.32. The molecule has 1 aromatic rings. The second-order valence-electron chi connectivity index (χ2n) is 3.81. The number of nitrogens with one attached hydrogen (secondary N) is 1. The summed E-state index contributed by atoms with van der Waals surface area (Å²) >= 11 is 0. The summed E-state index contributed by atoms with van der Waals surface area (Å²) in [7, 11) is 0. The molecule has 0 aromatic carbocycles. The summed E-state index contributed by atoms with van der Waals surface area (Å²) in [4.78, 5) is 15.8. The molecule has 15 heavy (non-hydrogen) atoms. The second kappa shape index (κ2) is 4.89. The Hall–Kier alpha value is -1.42. The number of carbonyl (C=O) groups is 1. The minimum absolute atomic E-state index is 0.0909. The third-order valence-corrected chi connectivity index (χ3v) is 2.45. The van der Waals surface area contributed by atoms with Crippen LogP contribution in [0.4, 0.5) is 5.82 Å². The summed E-state index contributed by atoms with van der Waals surface area (Å²) in [6.45, 7) is 5.52. The third-order valence-electron chi connectivity index (χ3n) is 2.45. The van der Waals surface area contributed by atoms with Gasteiger partial charge in [-0.25, -0.2) is 4.98 Å². The van der Waals surface area contributed by atoms with Crippen molar-refractivity contribution in [1.29, 1.82) is 0 Å². The lowest BCUT2D eigenvalue weighted by Crippen LogP contribution is -2.34. The Morgan fingerprint density at radius 1 is 1.53 bits per heavy atom. The highest BCUT2D eigenvalue weighted by Gasteiger charge is 2.17. The van der Waals surface area contributed by atoms with E-state index in [9.17, 15) is 4.79 Å². The predicted molar refractivity (Wildman–Crippen MR) is 60.4 cm³/mol. The molecule has 0 spiro atoms. The lowest BCUT2D eigenvalue weighted by atomic mass is 10.0. The van der Waals surface area contributed by atoms with Crippen molar-refractivity contribution in [2.75, 3.05) is 5.32 Å². The van der Waals surface area contributed by atoms with Gasteiger partial charge in [0.2, 0.25) is 5.91 Å². The van der Waals surface area contributed by atoms with Crippen LogP contribution in [0, 0.1) is 12.8 Å².